The van der Waals surface area contributed by atoms with Gasteiger partial charge in [-0.3, -0.25) is 0 Å². The molecule has 0 unspecified atom stereocenters. The van der Waals surface area contributed by atoms with Gasteiger partial charge < -0.3 is 9.47 Å². The van der Waals surface area contributed by atoms with Crippen molar-refractivity contribution in [2.45, 2.75) is 38.1 Å². The topological polar surface area (TPSA) is 47.9 Å². The summed E-state index contributed by atoms with van der Waals surface area (Å²) in [4.78, 5) is 14.9. The number of rotatable bonds is 2. The summed E-state index contributed by atoms with van der Waals surface area (Å²) in [5.74, 6) is 1.59. The lowest BCUT2D eigenvalue weighted by molar-refractivity contribution is 0.170. The lowest BCUT2D eigenvalue weighted by atomic mass is 9.87. The van der Waals surface area contributed by atoms with Crippen molar-refractivity contribution in [2.24, 2.45) is 4.99 Å². The van der Waals surface area contributed by atoms with Crippen LogP contribution in [0, 0.1) is 6.92 Å². The average Bonchev–Trinajstić information content (AvgIpc) is 2.89. The van der Waals surface area contributed by atoms with Crippen LogP contribution in [0.25, 0.3) is 0 Å². The summed E-state index contributed by atoms with van der Waals surface area (Å²) >= 11 is 0. The SMILES string of the molecule is Cc1cc(C2(N=C=O)CCCC2)cc2c1OCCO2. The minimum Gasteiger partial charge on any atom is -0.486 e. The molecule has 1 saturated carbocycles. The number of isocyanates is 1. The first-order valence-electron chi connectivity index (χ1n) is 6.75. The van der Waals surface area contributed by atoms with Gasteiger partial charge in [0, 0.05) is 0 Å². The number of carbonyl (C=O) groups excluding carboxylic acids is 1. The Bertz CT molecular complexity index is 541. The highest BCUT2D eigenvalue weighted by Crippen LogP contribution is 2.46. The molecule has 2 aliphatic rings. The molecule has 4 heteroatoms. The third kappa shape index (κ3) is 2.02. The van der Waals surface area contributed by atoms with Gasteiger partial charge in [0.2, 0.25) is 6.08 Å². The second-order valence-corrected chi connectivity index (χ2v) is 5.26. The van der Waals surface area contributed by atoms with Crippen molar-refractivity contribution < 1.29 is 14.3 Å². The van der Waals surface area contributed by atoms with Gasteiger partial charge in [-0.15, -0.1) is 0 Å². The summed E-state index contributed by atoms with van der Waals surface area (Å²) in [5.41, 5.74) is 1.69. The Morgan fingerprint density at radius 1 is 1.21 bits per heavy atom. The normalized spacial score (nSPS) is 19.8. The number of ether oxygens (including phenoxy) is 2. The molecule has 0 spiro atoms. The molecule has 1 aromatic rings. The second-order valence-electron chi connectivity index (χ2n) is 5.26. The first-order chi connectivity index (χ1) is 9.25. The van der Waals surface area contributed by atoms with E-state index in [0.29, 0.717) is 13.2 Å². The Morgan fingerprint density at radius 3 is 2.68 bits per heavy atom. The molecular weight excluding hydrogens is 242 g/mol. The van der Waals surface area contributed by atoms with Crippen LogP contribution in [0.3, 0.4) is 0 Å². The molecule has 0 N–H and O–H groups in total. The van der Waals surface area contributed by atoms with Crippen LogP contribution in [0.2, 0.25) is 0 Å². The predicted octanol–water partition coefficient (Wildman–Crippen LogP) is 2.87. The maximum Gasteiger partial charge on any atom is 0.235 e. The second kappa shape index (κ2) is 4.71. The maximum absolute atomic E-state index is 10.8. The van der Waals surface area contributed by atoms with Crippen LogP contribution in [-0.4, -0.2) is 19.3 Å². The number of aryl methyl sites for hydroxylation is 1. The molecule has 1 heterocycles. The molecule has 0 bridgehead atoms. The fraction of sp³-hybridized carbons (Fsp3) is 0.533. The molecule has 3 rings (SSSR count). The zero-order valence-corrected chi connectivity index (χ0v) is 11.1. The Labute approximate surface area is 112 Å². The highest BCUT2D eigenvalue weighted by Gasteiger charge is 2.37. The molecule has 1 aliphatic heterocycles. The van der Waals surface area contributed by atoms with E-state index in [9.17, 15) is 4.79 Å². The summed E-state index contributed by atoms with van der Waals surface area (Å²) in [6, 6.07) is 4.05. The Kier molecular flexibility index (Phi) is 3.03. The van der Waals surface area contributed by atoms with Gasteiger partial charge in [0.25, 0.3) is 0 Å². The van der Waals surface area contributed by atoms with Crippen molar-refractivity contribution >= 4 is 6.08 Å². The molecule has 19 heavy (non-hydrogen) atoms. The van der Waals surface area contributed by atoms with Crippen molar-refractivity contribution in [2.75, 3.05) is 13.2 Å². The largest absolute Gasteiger partial charge is 0.486 e. The predicted molar refractivity (Wildman–Crippen MR) is 70.4 cm³/mol. The molecule has 0 amide bonds. The van der Waals surface area contributed by atoms with E-state index in [2.05, 4.69) is 11.1 Å². The van der Waals surface area contributed by atoms with Crippen LogP contribution in [0.4, 0.5) is 0 Å². The van der Waals surface area contributed by atoms with E-state index in [0.717, 1.165) is 48.3 Å². The van der Waals surface area contributed by atoms with Crippen LogP contribution in [-0.2, 0) is 10.3 Å². The minimum atomic E-state index is -0.400. The number of hydrogen-bond acceptors (Lipinski definition) is 4. The molecule has 1 aliphatic carbocycles. The summed E-state index contributed by atoms with van der Waals surface area (Å²) in [6.07, 6.45) is 5.75. The van der Waals surface area contributed by atoms with Gasteiger partial charge >= 0.3 is 0 Å². The Hall–Kier alpha value is -1.80. The van der Waals surface area contributed by atoms with Crippen LogP contribution < -0.4 is 9.47 Å². The monoisotopic (exact) mass is 259 g/mol. The van der Waals surface area contributed by atoms with E-state index < -0.39 is 5.54 Å². The van der Waals surface area contributed by atoms with Gasteiger partial charge in [0.15, 0.2) is 11.5 Å². The van der Waals surface area contributed by atoms with Gasteiger partial charge in [-0.25, -0.2) is 4.79 Å². The molecule has 100 valence electrons. The van der Waals surface area contributed by atoms with E-state index in [1.165, 1.54) is 0 Å². The van der Waals surface area contributed by atoms with E-state index in [-0.39, 0.29) is 0 Å². The van der Waals surface area contributed by atoms with Gasteiger partial charge in [-0.05, 0) is 43.0 Å². The maximum atomic E-state index is 10.8. The molecule has 0 atom stereocenters. The number of aliphatic imine (C=N–C) groups is 1. The lowest BCUT2D eigenvalue weighted by Gasteiger charge is -2.27. The summed E-state index contributed by atoms with van der Waals surface area (Å²) in [7, 11) is 0. The number of hydrogen-bond donors (Lipinski definition) is 0. The van der Waals surface area contributed by atoms with Gasteiger partial charge in [0.05, 0.1) is 5.54 Å². The van der Waals surface area contributed by atoms with Crippen LogP contribution >= 0.6 is 0 Å². The van der Waals surface area contributed by atoms with Gasteiger partial charge in [-0.1, -0.05) is 12.8 Å². The smallest absolute Gasteiger partial charge is 0.235 e. The zero-order valence-electron chi connectivity index (χ0n) is 11.1. The highest BCUT2D eigenvalue weighted by atomic mass is 16.6. The van der Waals surface area contributed by atoms with Gasteiger partial charge in [0.1, 0.15) is 13.2 Å². The molecule has 1 fully saturated rings. The van der Waals surface area contributed by atoms with Crippen molar-refractivity contribution in [3.63, 3.8) is 0 Å². The fourth-order valence-corrected chi connectivity index (χ4v) is 3.11. The van der Waals surface area contributed by atoms with Crippen LogP contribution in [0.15, 0.2) is 17.1 Å². The van der Waals surface area contributed by atoms with Crippen molar-refractivity contribution in [1.82, 2.24) is 0 Å². The number of fused-ring (bicyclic) bond motifs is 1. The molecule has 0 aromatic heterocycles. The molecule has 1 aromatic carbocycles. The summed E-state index contributed by atoms with van der Waals surface area (Å²) < 4.78 is 11.3. The summed E-state index contributed by atoms with van der Waals surface area (Å²) in [6.45, 7) is 3.16. The fourth-order valence-electron chi connectivity index (χ4n) is 3.11. The lowest BCUT2D eigenvalue weighted by Crippen LogP contribution is -2.21. The van der Waals surface area contributed by atoms with E-state index in [1.54, 1.807) is 6.08 Å². The Balaban J connectivity index is 2.09. The van der Waals surface area contributed by atoms with Crippen molar-refractivity contribution in [3.05, 3.63) is 23.3 Å². The Morgan fingerprint density at radius 2 is 1.95 bits per heavy atom. The molecular formula is C15H17NO3. The first kappa shape index (κ1) is 12.2. The van der Waals surface area contributed by atoms with E-state index in [1.807, 2.05) is 13.0 Å². The van der Waals surface area contributed by atoms with Crippen LogP contribution in [0.1, 0.15) is 36.8 Å². The van der Waals surface area contributed by atoms with Gasteiger partial charge in [-0.2, -0.15) is 4.99 Å². The summed E-state index contributed by atoms with van der Waals surface area (Å²) in [5, 5.41) is 0. The van der Waals surface area contributed by atoms with Crippen LogP contribution in [0.5, 0.6) is 11.5 Å². The third-order valence-electron chi connectivity index (χ3n) is 4.06. The van der Waals surface area contributed by atoms with E-state index >= 15 is 0 Å². The molecule has 0 saturated heterocycles. The standard InChI is InChI=1S/C15H17NO3/c1-11-8-12(9-13-14(11)19-7-6-18-13)15(16-10-17)4-2-3-5-15/h8-9H,2-7H2,1H3. The first-order valence-corrected chi connectivity index (χ1v) is 6.75. The minimum absolute atomic E-state index is 0.400. The third-order valence-corrected chi connectivity index (χ3v) is 4.06. The van der Waals surface area contributed by atoms with Crippen molar-refractivity contribution in [1.29, 1.82) is 0 Å². The molecule has 4 nitrogen and oxygen atoms in total. The van der Waals surface area contributed by atoms with E-state index in [4.69, 9.17) is 9.47 Å². The number of benzene rings is 1. The zero-order chi connectivity index (χ0) is 13.3. The highest BCUT2D eigenvalue weighted by molar-refractivity contribution is 5.52. The van der Waals surface area contributed by atoms with Crippen molar-refractivity contribution in [3.8, 4) is 11.5 Å². The number of nitrogens with zero attached hydrogens (tertiary/aromatic N) is 1. The quantitative estimate of drug-likeness (QED) is 0.606. The average molecular weight is 259 g/mol. The molecule has 0 radical (unpaired) electrons.